The fourth-order valence-corrected chi connectivity index (χ4v) is 3.39. The summed E-state index contributed by atoms with van der Waals surface area (Å²) >= 11 is 0. The Kier molecular flexibility index (Phi) is 3.32. The Labute approximate surface area is 149 Å². The summed E-state index contributed by atoms with van der Waals surface area (Å²) < 4.78 is 7.51. The van der Waals surface area contributed by atoms with Crippen LogP contribution in [-0.2, 0) is 0 Å². The van der Waals surface area contributed by atoms with Crippen molar-refractivity contribution in [2.45, 2.75) is 0 Å². The van der Waals surface area contributed by atoms with Gasteiger partial charge >= 0.3 is 0 Å². The summed E-state index contributed by atoms with van der Waals surface area (Å²) in [7, 11) is 2.14. The van der Waals surface area contributed by atoms with Crippen LogP contribution >= 0.6 is 0 Å². The standard InChI is InChI=1S/C18H19N7O/c1-23-6-8-24(9-7-23)18-22-21-16-5-3-13(11-25(16)18)12-2-4-14-15(10-12)26-17(19)20-14/h2-5,10-11H,6-9H2,1H3,(H2,19,20). The van der Waals surface area contributed by atoms with Crippen molar-refractivity contribution in [3.05, 3.63) is 36.5 Å². The van der Waals surface area contributed by atoms with Crippen LogP contribution in [0.2, 0.25) is 0 Å². The van der Waals surface area contributed by atoms with Crippen LogP contribution in [0.3, 0.4) is 0 Å². The number of nitrogens with two attached hydrogens (primary N) is 1. The quantitative estimate of drug-likeness (QED) is 0.591. The van der Waals surface area contributed by atoms with E-state index in [1.165, 1.54) is 0 Å². The maximum atomic E-state index is 5.64. The highest BCUT2D eigenvalue weighted by atomic mass is 16.4. The molecule has 0 atom stereocenters. The maximum Gasteiger partial charge on any atom is 0.292 e. The highest BCUT2D eigenvalue weighted by Crippen LogP contribution is 2.27. The van der Waals surface area contributed by atoms with Gasteiger partial charge in [-0.3, -0.25) is 4.40 Å². The summed E-state index contributed by atoms with van der Waals surface area (Å²) in [6, 6.07) is 10.1. The number of likely N-dealkylation sites (N-methyl/N-ethyl adjacent to an activating group) is 1. The minimum absolute atomic E-state index is 0.184. The van der Waals surface area contributed by atoms with Crippen molar-refractivity contribution in [2.24, 2.45) is 0 Å². The summed E-state index contributed by atoms with van der Waals surface area (Å²) in [4.78, 5) is 8.75. The second-order valence-electron chi connectivity index (χ2n) is 6.67. The van der Waals surface area contributed by atoms with Gasteiger partial charge in [0.2, 0.25) is 5.95 Å². The molecule has 4 heterocycles. The van der Waals surface area contributed by atoms with E-state index >= 15 is 0 Å². The van der Waals surface area contributed by atoms with Gasteiger partial charge in [-0.05, 0) is 42.4 Å². The molecule has 1 aliphatic rings. The molecule has 26 heavy (non-hydrogen) atoms. The van der Waals surface area contributed by atoms with Crippen molar-refractivity contribution >= 4 is 28.7 Å². The monoisotopic (exact) mass is 349 g/mol. The minimum atomic E-state index is 0.184. The molecule has 132 valence electrons. The third kappa shape index (κ3) is 2.46. The van der Waals surface area contributed by atoms with E-state index in [2.05, 4.69) is 42.6 Å². The number of benzene rings is 1. The first-order valence-corrected chi connectivity index (χ1v) is 8.62. The van der Waals surface area contributed by atoms with Crippen molar-refractivity contribution in [1.29, 1.82) is 0 Å². The van der Waals surface area contributed by atoms with Crippen LogP contribution in [-0.4, -0.2) is 57.7 Å². The number of piperazine rings is 1. The van der Waals surface area contributed by atoms with Crippen molar-refractivity contribution < 1.29 is 4.42 Å². The Morgan fingerprint density at radius 1 is 1.00 bits per heavy atom. The topological polar surface area (TPSA) is 88.7 Å². The predicted molar refractivity (Wildman–Crippen MR) is 100 cm³/mol. The third-order valence-electron chi connectivity index (χ3n) is 4.91. The van der Waals surface area contributed by atoms with E-state index in [1.807, 2.05) is 30.3 Å². The molecule has 1 aromatic carbocycles. The molecule has 8 nitrogen and oxygen atoms in total. The average molecular weight is 349 g/mol. The second-order valence-corrected chi connectivity index (χ2v) is 6.67. The Hall–Kier alpha value is -3.13. The number of hydrogen-bond donors (Lipinski definition) is 1. The number of rotatable bonds is 2. The molecule has 0 spiro atoms. The van der Waals surface area contributed by atoms with Gasteiger partial charge in [0.1, 0.15) is 5.52 Å². The first-order chi connectivity index (χ1) is 12.7. The van der Waals surface area contributed by atoms with E-state index in [0.717, 1.165) is 54.4 Å². The predicted octanol–water partition coefficient (Wildman–Crippen LogP) is 1.87. The van der Waals surface area contributed by atoms with Gasteiger partial charge < -0.3 is 20.0 Å². The number of nitrogens with zero attached hydrogens (tertiary/aromatic N) is 6. The zero-order valence-electron chi connectivity index (χ0n) is 14.5. The third-order valence-corrected chi connectivity index (χ3v) is 4.91. The van der Waals surface area contributed by atoms with Crippen LogP contribution in [0.15, 0.2) is 40.9 Å². The lowest BCUT2D eigenvalue weighted by molar-refractivity contribution is 0.311. The summed E-state index contributed by atoms with van der Waals surface area (Å²) in [5, 5.41) is 8.72. The molecule has 0 unspecified atom stereocenters. The summed E-state index contributed by atoms with van der Waals surface area (Å²) in [5.74, 6) is 0.889. The molecule has 1 aliphatic heterocycles. The Morgan fingerprint density at radius 2 is 1.81 bits per heavy atom. The van der Waals surface area contributed by atoms with E-state index in [4.69, 9.17) is 10.2 Å². The van der Waals surface area contributed by atoms with Crippen LogP contribution < -0.4 is 10.6 Å². The van der Waals surface area contributed by atoms with Gasteiger partial charge in [0.15, 0.2) is 11.2 Å². The Balaban J connectivity index is 1.56. The van der Waals surface area contributed by atoms with Gasteiger partial charge in [0.25, 0.3) is 6.01 Å². The highest BCUT2D eigenvalue weighted by Gasteiger charge is 2.19. The zero-order chi connectivity index (χ0) is 17.7. The highest BCUT2D eigenvalue weighted by molar-refractivity contribution is 5.81. The van der Waals surface area contributed by atoms with E-state index in [0.29, 0.717) is 5.58 Å². The first-order valence-electron chi connectivity index (χ1n) is 8.62. The Morgan fingerprint density at radius 3 is 2.65 bits per heavy atom. The van der Waals surface area contributed by atoms with E-state index in [9.17, 15) is 0 Å². The van der Waals surface area contributed by atoms with Crippen LogP contribution in [0.5, 0.6) is 0 Å². The lowest BCUT2D eigenvalue weighted by Crippen LogP contribution is -2.45. The number of hydrogen-bond acceptors (Lipinski definition) is 7. The maximum absolute atomic E-state index is 5.64. The SMILES string of the molecule is CN1CCN(c2nnc3ccc(-c4ccc5nc(N)oc5c4)cn23)CC1. The van der Waals surface area contributed by atoms with Crippen LogP contribution in [0.4, 0.5) is 12.0 Å². The number of nitrogen functional groups attached to an aromatic ring is 1. The lowest BCUT2D eigenvalue weighted by Gasteiger charge is -2.32. The van der Waals surface area contributed by atoms with Crippen molar-refractivity contribution in [3.8, 4) is 11.1 Å². The average Bonchev–Trinajstić information content (AvgIpc) is 3.23. The molecule has 8 heteroatoms. The molecule has 3 aromatic heterocycles. The molecule has 4 aromatic rings. The van der Waals surface area contributed by atoms with Gasteiger partial charge in [-0.15, -0.1) is 10.2 Å². The molecule has 0 bridgehead atoms. The number of oxazole rings is 1. The Bertz CT molecular complexity index is 1090. The summed E-state index contributed by atoms with van der Waals surface area (Å²) in [6.07, 6.45) is 2.07. The second kappa shape index (κ2) is 5.70. The number of anilines is 2. The first kappa shape index (κ1) is 15.2. The van der Waals surface area contributed by atoms with Gasteiger partial charge in [-0.2, -0.15) is 4.98 Å². The zero-order valence-corrected chi connectivity index (χ0v) is 14.5. The van der Waals surface area contributed by atoms with E-state index in [-0.39, 0.29) is 6.01 Å². The van der Waals surface area contributed by atoms with Gasteiger partial charge in [0, 0.05) is 32.4 Å². The van der Waals surface area contributed by atoms with E-state index < -0.39 is 0 Å². The van der Waals surface area contributed by atoms with Crippen molar-refractivity contribution in [1.82, 2.24) is 24.5 Å². The van der Waals surface area contributed by atoms with Crippen LogP contribution in [0.25, 0.3) is 27.9 Å². The van der Waals surface area contributed by atoms with Crippen molar-refractivity contribution in [3.63, 3.8) is 0 Å². The molecule has 0 aliphatic carbocycles. The molecule has 5 rings (SSSR count). The largest absolute Gasteiger partial charge is 0.424 e. The molecule has 0 radical (unpaired) electrons. The fourth-order valence-electron chi connectivity index (χ4n) is 3.39. The van der Waals surface area contributed by atoms with Gasteiger partial charge in [-0.25, -0.2) is 0 Å². The molecule has 2 N–H and O–H groups in total. The lowest BCUT2D eigenvalue weighted by atomic mass is 10.1. The van der Waals surface area contributed by atoms with Crippen LogP contribution in [0, 0.1) is 0 Å². The number of fused-ring (bicyclic) bond motifs is 2. The normalized spacial score (nSPS) is 16.0. The number of pyridine rings is 1. The van der Waals surface area contributed by atoms with Gasteiger partial charge in [-0.1, -0.05) is 6.07 Å². The molecule has 0 amide bonds. The van der Waals surface area contributed by atoms with E-state index in [1.54, 1.807) is 0 Å². The summed E-state index contributed by atoms with van der Waals surface area (Å²) in [5.41, 5.74) is 10.0. The van der Waals surface area contributed by atoms with Crippen molar-refractivity contribution in [2.75, 3.05) is 43.9 Å². The van der Waals surface area contributed by atoms with Crippen LogP contribution in [0.1, 0.15) is 0 Å². The fraction of sp³-hybridized carbons (Fsp3) is 0.278. The van der Waals surface area contributed by atoms with Gasteiger partial charge in [0.05, 0.1) is 0 Å². The molecule has 0 saturated carbocycles. The summed E-state index contributed by atoms with van der Waals surface area (Å²) in [6.45, 7) is 3.95. The molecule has 1 fully saturated rings. The molecular formula is C18H19N7O. The molecule has 1 saturated heterocycles. The minimum Gasteiger partial charge on any atom is -0.424 e. The smallest absolute Gasteiger partial charge is 0.292 e. The number of aromatic nitrogens is 4. The molecular weight excluding hydrogens is 330 g/mol.